The molecule has 1 aromatic carbocycles. The van der Waals surface area contributed by atoms with Crippen molar-refractivity contribution in [2.24, 2.45) is 0 Å². The Morgan fingerprint density at radius 3 is 2.80 bits per heavy atom. The summed E-state index contributed by atoms with van der Waals surface area (Å²) in [6, 6.07) is 6.31. The summed E-state index contributed by atoms with van der Waals surface area (Å²) >= 11 is 3.53. The highest BCUT2D eigenvalue weighted by Gasteiger charge is 2.23. The smallest absolute Gasteiger partial charge is 0.159 e. The minimum atomic E-state index is 0.507. The van der Waals surface area contributed by atoms with Gasteiger partial charge in [0, 0.05) is 10.4 Å². The number of halogens is 1. The zero-order valence-corrected chi connectivity index (χ0v) is 13.3. The predicted octanol–water partition coefficient (Wildman–Crippen LogP) is 4.03. The average molecular weight is 335 g/mol. The summed E-state index contributed by atoms with van der Waals surface area (Å²) in [5.74, 6) is 1.54. The van der Waals surface area contributed by atoms with Crippen LogP contribution in [-0.2, 0) is 6.42 Å². The molecule has 3 rings (SSSR count). The molecule has 1 heterocycles. The van der Waals surface area contributed by atoms with E-state index in [1.165, 1.54) is 37.7 Å². The van der Waals surface area contributed by atoms with Gasteiger partial charge in [-0.3, -0.25) is 0 Å². The van der Waals surface area contributed by atoms with Crippen LogP contribution in [0.4, 0.5) is 0 Å². The van der Waals surface area contributed by atoms with E-state index in [4.69, 9.17) is 0 Å². The quantitative estimate of drug-likeness (QED) is 0.850. The highest BCUT2D eigenvalue weighted by atomic mass is 79.9. The molecular formula is C15H19BrN4. The first-order valence-electron chi connectivity index (χ1n) is 7.36. The van der Waals surface area contributed by atoms with E-state index in [1.807, 2.05) is 4.68 Å². The molecule has 0 atom stereocenters. The molecule has 4 nitrogen and oxygen atoms in total. The van der Waals surface area contributed by atoms with Crippen molar-refractivity contribution < 1.29 is 0 Å². The van der Waals surface area contributed by atoms with Crippen molar-refractivity contribution in [3.63, 3.8) is 0 Å². The summed E-state index contributed by atoms with van der Waals surface area (Å²) in [6.07, 6.45) is 7.31. The van der Waals surface area contributed by atoms with Crippen LogP contribution >= 0.6 is 15.9 Å². The molecule has 0 radical (unpaired) electrons. The molecule has 1 aliphatic rings. The van der Waals surface area contributed by atoms with Crippen LogP contribution < -0.4 is 0 Å². The molecule has 0 saturated heterocycles. The third kappa shape index (κ3) is 2.64. The number of hydrogen-bond donors (Lipinski definition) is 0. The van der Waals surface area contributed by atoms with Gasteiger partial charge in [-0.25, -0.2) is 0 Å². The average Bonchev–Trinajstić information content (AvgIpc) is 2.97. The number of aryl methyl sites for hydroxylation is 1. The van der Waals surface area contributed by atoms with E-state index >= 15 is 0 Å². The Morgan fingerprint density at radius 2 is 2.05 bits per heavy atom. The molecule has 20 heavy (non-hydrogen) atoms. The van der Waals surface area contributed by atoms with Gasteiger partial charge in [0.2, 0.25) is 0 Å². The fourth-order valence-corrected chi connectivity index (χ4v) is 3.43. The number of hydrogen-bond acceptors (Lipinski definition) is 3. The number of nitrogens with zero attached hydrogens (tertiary/aromatic N) is 4. The van der Waals surface area contributed by atoms with E-state index in [-0.39, 0.29) is 0 Å². The standard InChI is InChI=1S/C15H19BrN4/c1-2-11-10-13(16)8-9-14(11)20-15(17-18-19-20)12-6-4-3-5-7-12/h8-10,12H,2-7H2,1H3. The van der Waals surface area contributed by atoms with Crippen LogP contribution in [0.5, 0.6) is 0 Å². The van der Waals surface area contributed by atoms with E-state index in [2.05, 4.69) is 56.6 Å². The lowest BCUT2D eigenvalue weighted by Gasteiger charge is -2.21. The molecule has 1 aliphatic carbocycles. The third-order valence-corrected chi connectivity index (χ3v) is 4.61. The molecule has 1 aromatic heterocycles. The van der Waals surface area contributed by atoms with Gasteiger partial charge in [0.25, 0.3) is 0 Å². The van der Waals surface area contributed by atoms with E-state index in [0.29, 0.717) is 5.92 Å². The van der Waals surface area contributed by atoms with Gasteiger partial charge in [0.05, 0.1) is 5.69 Å². The summed E-state index contributed by atoms with van der Waals surface area (Å²) in [6.45, 7) is 2.16. The van der Waals surface area contributed by atoms with Crippen molar-refractivity contribution in [2.45, 2.75) is 51.4 Å². The highest BCUT2D eigenvalue weighted by Crippen LogP contribution is 2.32. The Morgan fingerprint density at radius 1 is 1.25 bits per heavy atom. The summed E-state index contributed by atoms with van der Waals surface area (Å²) in [4.78, 5) is 0. The number of benzene rings is 1. The Kier molecular flexibility index (Phi) is 4.15. The van der Waals surface area contributed by atoms with E-state index in [0.717, 1.165) is 22.4 Å². The topological polar surface area (TPSA) is 43.6 Å². The first-order valence-corrected chi connectivity index (χ1v) is 8.16. The summed E-state index contributed by atoms with van der Waals surface area (Å²) in [7, 11) is 0. The fourth-order valence-electron chi connectivity index (χ4n) is 3.02. The van der Waals surface area contributed by atoms with Crippen molar-refractivity contribution >= 4 is 15.9 Å². The second-order valence-corrected chi connectivity index (χ2v) is 6.33. The van der Waals surface area contributed by atoms with Gasteiger partial charge in [-0.15, -0.1) is 5.10 Å². The maximum Gasteiger partial charge on any atom is 0.159 e. The monoisotopic (exact) mass is 334 g/mol. The molecule has 0 bridgehead atoms. The Bertz CT molecular complexity index is 587. The van der Waals surface area contributed by atoms with Gasteiger partial charge in [-0.1, -0.05) is 42.1 Å². The first kappa shape index (κ1) is 13.7. The van der Waals surface area contributed by atoms with Crippen molar-refractivity contribution in [1.82, 2.24) is 20.2 Å². The van der Waals surface area contributed by atoms with Crippen LogP contribution in [0.2, 0.25) is 0 Å². The molecule has 106 valence electrons. The van der Waals surface area contributed by atoms with Crippen LogP contribution in [-0.4, -0.2) is 20.2 Å². The van der Waals surface area contributed by atoms with Crippen LogP contribution in [0.1, 0.15) is 56.3 Å². The van der Waals surface area contributed by atoms with Gasteiger partial charge in [-0.2, -0.15) is 4.68 Å². The minimum absolute atomic E-state index is 0.507. The lowest BCUT2D eigenvalue weighted by molar-refractivity contribution is 0.422. The fraction of sp³-hybridized carbons (Fsp3) is 0.533. The minimum Gasteiger partial charge on any atom is -0.197 e. The Labute approximate surface area is 127 Å². The highest BCUT2D eigenvalue weighted by molar-refractivity contribution is 9.10. The number of rotatable bonds is 3. The molecule has 0 amide bonds. The molecule has 0 aliphatic heterocycles. The molecule has 2 aromatic rings. The SMILES string of the molecule is CCc1cc(Br)ccc1-n1nnnc1C1CCCCC1. The van der Waals surface area contributed by atoms with Crippen molar-refractivity contribution in [1.29, 1.82) is 0 Å². The maximum absolute atomic E-state index is 4.30. The van der Waals surface area contributed by atoms with E-state index in [1.54, 1.807) is 0 Å². The number of aromatic nitrogens is 4. The molecule has 0 spiro atoms. The van der Waals surface area contributed by atoms with Crippen molar-refractivity contribution in [2.75, 3.05) is 0 Å². The molecule has 1 saturated carbocycles. The van der Waals surface area contributed by atoms with Crippen molar-refractivity contribution in [3.8, 4) is 5.69 Å². The Hall–Kier alpha value is -1.23. The van der Waals surface area contributed by atoms with Crippen LogP contribution in [0.25, 0.3) is 5.69 Å². The maximum atomic E-state index is 4.30. The molecule has 0 N–H and O–H groups in total. The summed E-state index contributed by atoms with van der Waals surface area (Å²) < 4.78 is 3.05. The van der Waals surface area contributed by atoms with Crippen LogP contribution in [0, 0.1) is 0 Å². The molecule has 1 fully saturated rings. The van der Waals surface area contributed by atoms with Gasteiger partial charge in [0.1, 0.15) is 0 Å². The van der Waals surface area contributed by atoms with Crippen LogP contribution in [0.3, 0.4) is 0 Å². The molecule has 0 unspecified atom stereocenters. The Balaban J connectivity index is 2.00. The van der Waals surface area contributed by atoms with Gasteiger partial charge in [0.15, 0.2) is 5.82 Å². The van der Waals surface area contributed by atoms with E-state index in [9.17, 15) is 0 Å². The predicted molar refractivity (Wildman–Crippen MR) is 82.1 cm³/mol. The molecular weight excluding hydrogens is 316 g/mol. The second kappa shape index (κ2) is 6.04. The van der Waals surface area contributed by atoms with Crippen molar-refractivity contribution in [3.05, 3.63) is 34.1 Å². The summed E-state index contributed by atoms with van der Waals surface area (Å²) in [5, 5.41) is 12.5. The molecule has 5 heteroatoms. The third-order valence-electron chi connectivity index (χ3n) is 4.11. The zero-order valence-electron chi connectivity index (χ0n) is 11.7. The normalized spacial score (nSPS) is 16.5. The summed E-state index contributed by atoms with van der Waals surface area (Å²) in [5.41, 5.74) is 2.38. The number of tetrazole rings is 1. The zero-order chi connectivity index (χ0) is 13.9. The lowest BCUT2D eigenvalue weighted by Crippen LogP contribution is -2.13. The largest absolute Gasteiger partial charge is 0.197 e. The first-order chi connectivity index (χ1) is 9.79. The van der Waals surface area contributed by atoms with Gasteiger partial charge in [-0.05, 0) is 53.5 Å². The van der Waals surface area contributed by atoms with Gasteiger partial charge < -0.3 is 0 Å². The second-order valence-electron chi connectivity index (χ2n) is 5.41. The van der Waals surface area contributed by atoms with Crippen LogP contribution in [0.15, 0.2) is 22.7 Å². The lowest BCUT2D eigenvalue weighted by atomic mass is 9.88. The van der Waals surface area contributed by atoms with Gasteiger partial charge >= 0.3 is 0 Å². The van der Waals surface area contributed by atoms with E-state index < -0.39 is 0 Å².